The highest BCUT2D eigenvalue weighted by Crippen LogP contribution is 2.52. The van der Waals surface area contributed by atoms with E-state index in [-0.39, 0.29) is 24.0 Å². The van der Waals surface area contributed by atoms with Crippen molar-refractivity contribution in [3.05, 3.63) is 29.3 Å². The molecule has 1 aromatic carbocycles. The Kier molecular flexibility index (Phi) is 4.26. The van der Waals surface area contributed by atoms with E-state index in [4.69, 9.17) is 9.47 Å². The number of hydrogen-bond donors (Lipinski definition) is 0. The van der Waals surface area contributed by atoms with Gasteiger partial charge >= 0.3 is 6.18 Å². The minimum atomic E-state index is -4.55. The van der Waals surface area contributed by atoms with Crippen LogP contribution < -0.4 is 4.74 Å². The Balaban J connectivity index is 1.96. The Morgan fingerprint density at radius 3 is 2.38 bits per heavy atom. The molecule has 24 heavy (non-hydrogen) atoms. The molecule has 0 N–H and O–H groups in total. The second-order valence-electron chi connectivity index (χ2n) is 6.76. The van der Waals surface area contributed by atoms with Gasteiger partial charge in [-0.3, -0.25) is 0 Å². The molecule has 3 atom stereocenters. The molecule has 3 rings (SSSR count). The molecule has 134 valence electrons. The first-order valence-corrected chi connectivity index (χ1v) is 8.00. The average Bonchev–Trinajstić information content (AvgIpc) is 2.76. The van der Waals surface area contributed by atoms with Crippen LogP contribution in [0.1, 0.15) is 44.6 Å². The summed E-state index contributed by atoms with van der Waals surface area (Å²) < 4.78 is 78.4. The molecule has 2 fully saturated rings. The van der Waals surface area contributed by atoms with Crippen molar-refractivity contribution in [1.29, 1.82) is 0 Å². The maximum atomic E-state index is 14.2. The van der Waals surface area contributed by atoms with Gasteiger partial charge in [-0.2, -0.15) is 17.6 Å². The highest BCUT2D eigenvalue weighted by molar-refractivity contribution is 5.40. The summed E-state index contributed by atoms with van der Waals surface area (Å²) in [7, 11) is 0. The summed E-state index contributed by atoms with van der Waals surface area (Å²) >= 11 is 0. The molecule has 2 aliphatic rings. The Labute approximate surface area is 136 Å². The van der Waals surface area contributed by atoms with Gasteiger partial charge in [0.05, 0.1) is 12.7 Å². The van der Waals surface area contributed by atoms with E-state index >= 15 is 0 Å². The molecule has 0 aromatic heterocycles. The summed E-state index contributed by atoms with van der Waals surface area (Å²) in [5, 5.41) is 0. The Bertz CT molecular complexity index is 626. The fourth-order valence-corrected chi connectivity index (χ4v) is 3.24. The van der Waals surface area contributed by atoms with Gasteiger partial charge in [-0.05, 0) is 32.3 Å². The zero-order valence-corrected chi connectivity index (χ0v) is 13.4. The number of benzene rings is 1. The maximum Gasteiger partial charge on any atom is 0.417 e. The van der Waals surface area contributed by atoms with Gasteiger partial charge in [0.25, 0.3) is 0 Å². The lowest BCUT2D eigenvalue weighted by Gasteiger charge is -2.33. The molecule has 1 aliphatic heterocycles. The zero-order valence-electron chi connectivity index (χ0n) is 13.4. The third-order valence-electron chi connectivity index (χ3n) is 5.41. The molecule has 0 spiro atoms. The molecule has 0 unspecified atom stereocenters. The first-order valence-electron chi connectivity index (χ1n) is 8.00. The average molecular weight is 350 g/mol. The topological polar surface area (TPSA) is 18.5 Å². The third kappa shape index (κ3) is 2.66. The standard InChI is InChI=1S/C17H19F5O2/c1-9-12(8-23-16(9,2)17(20,21)22)11-6-7-13(18)14(19)15(11)24-10-4-3-5-10/h6-7,9-10,12H,3-5,8H2,1-2H3/t9-,12-,16+/m0/s1. The van der Waals surface area contributed by atoms with Gasteiger partial charge in [0, 0.05) is 17.4 Å². The van der Waals surface area contributed by atoms with Crippen molar-refractivity contribution in [2.75, 3.05) is 6.61 Å². The Morgan fingerprint density at radius 2 is 1.88 bits per heavy atom. The van der Waals surface area contributed by atoms with Crippen LogP contribution >= 0.6 is 0 Å². The van der Waals surface area contributed by atoms with Crippen molar-refractivity contribution in [2.45, 2.75) is 56.9 Å². The lowest BCUT2D eigenvalue weighted by Crippen LogP contribution is -2.46. The smallest absolute Gasteiger partial charge is 0.417 e. The first-order chi connectivity index (χ1) is 11.1. The number of ether oxygens (including phenoxy) is 2. The molecule has 0 radical (unpaired) electrons. The van der Waals surface area contributed by atoms with Crippen LogP contribution in [0, 0.1) is 17.6 Å². The molecule has 2 nitrogen and oxygen atoms in total. The van der Waals surface area contributed by atoms with E-state index in [1.807, 2.05) is 0 Å². The van der Waals surface area contributed by atoms with E-state index in [2.05, 4.69) is 0 Å². The van der Waals surface area contributed by atoms with Crippen molar-refractivity contribution in [3.8, 4) is 5.75 Å². The van der Waals surface area contributed by atoms with Crippen LogP contribution in [-0.4, -0.2) is 24.5 Å². The van der Waals surface area contributed by atoms with Gasteiger partial charge in [-0.1, -0.05) is 13.0 Å². The summed E-state index contributed by atoms with van der Waals surface area (Å²) in [6, 6.07) is 2.23. The van der Waals surface area contributed by atoms with Crippen LogP contribution in [0.4, 0.5) is 22.0 Å². The molecule has 1 aliphatic carbocycles. The summed E-state index contributed by atoms with van der Waals surface area (Å²) in [5.74, 6) is -4.16. The number of rotatable bonds is 3. The number of alkyl halides is 3. The Hall–Kier alpha value is -1.37. The molecular formula is C17H19F5O2. The third-order valence-corrected chi connectivity index (χ3v) is 5.41. The van der Waals surface area contributed by atoms with Crippen molar-refractivity contribution in [1.82, 2.24) is 0 Å². The van der Waals surface area contributed by atoms with Crippen LogP contribution in [0.15, 0.2) is 12.1 Å². The van der Waals surface area contributed by atoms with E-state index < -0.39 is 35.2 Å². The molecule has 0 bridgehead atoms. The number of halogens is 5. The first kappa shape index (κ1) is 17.5. The second kappa shape index (κ2) is 5.86. The van der Waals surface area contributed by atoms with Gasteiger partial charge in [-0.25, -0.2) is 4.39 Å². The predicted octanol–water partition coefficient (Wildman–Crippen LogP) is 4.97. The van der Waals surface area contributed by atoms with E-state index in [0.717, 1.165) is 32.3 Å². The second-order valence-corrected chi connectivity index (χ2v) is 6.76. The highest BCUT2D eigenvalue weighted by Gasteiger charge is 2.61. The fourth-order valence-electron chi connectivity index (χ4n) is 3.24. The molecule has 1 saturated heterocycles. The summed E-state index contributed by atoms with van der Waals surface area (Å²) in [4.78, 5) is 0. The van der Waals surface area contributed by atoms with Gasteiger partial charge in [0.1, 0.15) is 0 Å². The monoisotopic (exact) mass is 350 g/mol. The van der Waals surface area contributed by atoms with Crippen molar-refractivity contribution in [2.24, 2.45) is 5.92 Å². The number of hydrogen-bond acceptors (Lipinski definition) is 2. The van der Waals surface area contributed by atoms with Crippen LogP contribution in [0.2, 0.25) is 0 Å². The van der Waals surface area contributed by atoms with E-state index in [1.165, 1.54) is 13.0 Å². The molecule has 1 heterocycles. The van der Waals surface area contributed by atoms with Gasteiger partial charge in [0.2, 0.25) is 5.82 Å². The lowest BCUT2D eigenvalue weighted by atomic mass is 9.79. The van der Waals surface area contributed by atoms with Gasteiger partial charge in [0.15, 0.2) is 17.2 Å². The van der Waals surface area contributed by atoms with Crippen LogP contribution in [-0.2, 0) is 4.74 Å². The van der Waals surface area contributed by atoms with Gasteiger partial charge < -0.3 is 9.47 Å². The molecular weight excluding hydrogens is 331 g/mol. The largest absolute Gasteiger partial charge is 0.487 e. The molecule has 1 saturated carbocycles. The normalized spacial score (nSPS) is 31.1. The van der Waals surface area contributed by atoms with Crippen LogP contribution in [0.25, 0.3) is 0 Å². The molecule has 7 heteroatoms. The summed E-state index contributed by atoms with van der Waals surface area (Å²) in [5.41, 5.74) is -2.09. The highest BCUT2D eigenvalue weighted by atomic mass is 19.4. The molecule has 0 amide bonds. The fraction of sp³-hybridized carbons (Fsp3) is 0.647. The van der Waals surface area contributed by atoms with Crippen molar-refractivity contribution in [3.63, 3.8) is 0 Å². The van der Waals surface area contributed by atoms with Crippen molar-refractivity contribution < 1.29 is 31.4 Å². The quantitative estimate of drug-likeness (QED) is 0.717. The van der Waals surface area contributed by atoms with E-state index in [1.54, 1.807) is 0 Å². The minimum Gasteiger partial charge on any atom is -0.487 e. The Morgan fingerprint density at radius 1 is 1.21 bits per heavy atom. The van der Waals surface area contributed by atoms with E-state index in [0.29, 0.717) is 0 Å². The maximum absolute atomic E-state index is 14.2. The van der Waals surface area contributed by atoms with Crippen molar-refractivity contribution >= 4 is 0 Å². The summed E-state index contributed by atoms with van der Waals surface area (Å²) in [6.07, 6.45) is -2.37. The van der Waals surface area contributed by atoms with Gasteiger partial charge in [-0.15, -0.1) is 0 Å². The van der Waals surface area contributed by atoms with Crippen LogP contribution in [0.3, 0.4) is 0 Å². The van der Waals surface area contributed by atoms with Crippen LogP contribution in [0.5, 0.6) is 5.75 Å². The lowest BCUT2D eigenvalue weighted by molar-refractivity contribution is -0.266. The SMILES string of the molecule is C[C@H]1[C@@H](c2ccc(F)c(F)c2OC2CCC2)CO[C@@]1(C)C(F)(F)F. The zero-order chi connectivity index (χ0) is 17.7. The minimum absolute atomic E-state index is 0.216. The van der Waals surface area contributed by atoms with E-state index in [9.17, 15) is 22.0 Å². The summed E-state index contributed by atoms with van der Waals surface area (Å²) in [6.45, 7) is 2.19. The predicted molar refractivity (Wildman–Crippen MR) is 76.9 cm³/mol. The molecule has 1 aromatic rings.